The minimum absolute atomic E-state index is 0.306. The van der Waals surface area contributed by atoms with E-state index in [0.717, 1.165) is 22.4 Å². The Morgan fingerprint density at radius 2 is 1.74 bits per heavy atom. The Labute approximate surface area is 202 Å². The first-order chi connectivity index (χ1) is 16.6. The van der Waals surface area contributed by atoms with Crippen molar-refractivity contribution in [2.24, 2.45) is 0 Å². The van der Waals surface area contributed by atoms with E-state index in [4.69, 9.17) is 21.1 Å². The molecule has 7 nitrogen and oxygen atoms in total. The van der Waals surface area contributed by atoms with E-state index >= 15 is 0 Å². The van der Waals surface area contributed by atoms with Gasteiger partial charge in [0, 0.05) is 28.8 Å². The summed E-state index contributed by atoms with van der Waals surface area (Å²) in [5.41, 5.74) is 2.41. The summed E-state index contributed by atoms with van der Waals surface area (Å²) < 4.78 is 11.8. The number of anilines is 1. The molecule has 0 bridgehead atoms. The van der Waals surface area contributed by atoms with Crippen LogP contribution in [0.2, 0.25) is 5.02 Å². The number of ether oxygens (including phenoxy) is 2. The van der Waals surface area contributed by atoms with Crippen LogP contribution in [-0.4, -0.2) is 34.9 Å². The molecule has 0 aliphatic carbocycles. The molecule has 0 saturated carbocycles. The van der Waals surface area contributed by atoms with E-state index in [1.807, 2.05) is 72.8 Å². The Bertz CT molecular complexity index is 1320. The average molecular weight is 475 g/mol. The van der Waals surface area contributed by atoms with Gasteiger partial charge in [0.05, 0.1) is 14.2 Å². The zero-order valence-corrected chi connectivity index (χ0v) is 19.5. The number of nitrogens with one attached hydrogen (secondary N) is 1. The third-order valence-electron chi connectivity index (χ3n) is 5.10. The maximum Gasteiger partial charge on any atom is 0.274 e. The van der Waals surface area contributed by atoms with Crippen molar-refractivity contribution in [3.63, 3.8) is 0 Å². The number of halogens is 1. The molecule has 34 heavy (non-hydrogen) atoms. The lowest BCUT2D eigenvalue weighted by molar-refractivity contribution is 0.0957. The van der Waals surface area contributed by atoms with Crippen LogP contribution in [-0.2, 0) is 6.54 Å². The third-order valence-corrected chi connectivity index (χ3v) is 5.47. The van der Waals surface area contributed by atoms with Crippen molar-refractivity contribution in [2.45, 2.75) is 6.54 Å². The van der Waals surface area contributed by atoms with Crippen LogP contribution in [0, 0.1) is 0 Å². The number of nitrogens with zero attached hydrogens (tertiary/aromatic N) is 3. The second kappa shape index (κ2) is 10.7. The standard InChI is InChI=1S/C26H23ClN4O3/c1-33-21-14-11-19(12-15-21)25-29-26(28-17-20-8-3-5-9-22(20)27)31(30-25)24(32)16-13-18-7-4-6-10-23(18)34-2/h3-16H,17H2,1-2H3,(H,28,29,30). The molecule has 0 spiro atoms. The molecule has 172 valence electrons. The van der Waals surface area contributed by atoms with Crippen LogP contribution in [0.4, 0.5) is 5.95 Å². The first-order valence-electron chi connectivity index (χ1n) is 10.5. The highest BCUT2D eigenvalue weighted by Gasteiger charge is 2.16. The molecule has 1 aromatic heterocycles. The molecule has 0 amide bonds. The predicted molar refractivity (Wildman–Crippen MR) is 133 cm³/mol. The number of aromatic nitrogens is 3. The van der Waals surface area contributed by atoms with Crippen LogP contribution >= 0.6 is 11.6 Å². The van der Waals surface area contributed by atoms with E-state index in [-0.39, 0.29) is 5.91 Å². The van der Waals surface area contributed by atoms with Crippen molar-refractivity contribution in [1.29, 1.82) is 0 Å². The number of hydrogen-bond donors (Lipinski definition) is 1. The number of allylic oxidation sites excluding steroid dienone is 1. The first kappa shape index (κ1) is 23.1. The molecule has 8 heteroatoms. The number of rotatable bonds is 8. The van der Waals surface area contributed by atoms with Gasteiger partial charge in [-0.15, -0.1) is 5.10 Å². The molecule has 4 aromatic rings. The predicted octanol–water partition coefficient (Wildman–Crippen LogP) is 5.58. The lowest BCUT2D eigenvalue weighted by Gasteiger charge is -2.07. The maximum atomic E-state index is 13.1. The number of hydrogen-bond acceptors (Lipinski definition) is 6. The molecular weight excluding hydrogens is 452 g/mol. The number of carbonyl (C=O) groups excluding carboxylic acids is 1. The van der Waals surface area contributed by atoms with E-state index in [1.165, 1.54) is 10.8 Å². The van der Waals surface area contributed by atoms with Crippen LogP contribution in [0.15, 0.2) is 78.9 Å². The van der Waals surface area contributed by atoms with Crippen molar-refractivity contribution >= 4 is 29.5 Å². The van der Waals surface area contributed by atoms with Gasteiger partial charge in [-0.2, -0.15) is 9.67 Å². The number of para-hydroxylation sites is 1. The molecule has 4 rings (SSSR count). The smallest absolute Gasteiger partial charge is 0.274 e. The van der Waals surface area contributed by atoms with Gasteiger partial charge in [-0.25, -0.2) is 0 Å². The zero-order chi connectivity index (χ0) is 23.9. The lowest BCUT2D eigenvalue weighted by atomic mass is 10.2. The number of benzene rings is 3. The fourth-order valence-corrected chi connectivity index (χ4v) is 3.50. The molecule has 0 radical (unpaired) electrons. The van der Waals surface area contributed by atoms with Crippen LogP contribution in [0.3, 0.4) is 0 Å². The Balaban J connectivity index is 1.65. The minimum atomic E-state index is -0.361. The molecule has 0 saturated heterocycles. The molecular formula is C26H23ClN4O3. The fourth-order valence-electron chi connectivity index (χ4n) is 3.29. The normalized spacial score (nSPS) is 10.9. The van der Waals surface area contributed by atoms with Crippen molar-refractivity contribution in [2.75, 3.05) is 19.5 Å². The van der Waals surface area contributed by atoms with Crippen molar-refractivity contribution in [1.82, 2.24) is 14.8 Å². The third kappa shape index (κ3) is 5.27. The first-order valence-corrected chi connectivity index (χ1v) is 10.9. The summed E-state index contributed by atoms with van der Waals surface area (Å²) in [4.78, 5) is 17.7. The highest BCUT2D eigenvalue weighted by Crippen LogP contribution is 2.23. The summed E-state index contributed by atoms with van der Waals surface area (Å²) in [6, 6.07) is 22.2. The van der Waals surface area contributed by atoms with Crippen LogP contribution in [0.5, 0.6) is 11.5 Å². The summed E-state index contributed by atoms with van der Waals surface area (Å²) in [5.74, 6) is 1.74. The van der Waals surface area contributed by atoms with E-state index < -0.39 is 0 Å². The number of methoxy groups -OCH3 is 2. The summed E-state index contributed by atoms with van der Waals surface area (Å²) >= 11 is 6.28. The average Bonchev–Trinajstić information content (AvgIpc) is 3.31. The monoisotopic (exact) mass is 474 g/mol. The molecule has 0 aliphatic rings. The van der Waals surface area contributed by atoms with E-state index in [2.05, 4.69) is 15.4 Å². The van der Waals surface area contributed by atoms with Crippen LogP contribution < -0.4 is 14.8 Å². The second-order valence-electron chi connectivity index (χ2n) is 7.26. The summed E-state index contributed by atoms with van der Waals surface area (Å²) in [5, 5.41) is 8.27. The fraction of sp³-hybridized carbons (Fsp3) is 0.115. The largest absolute Gasteiger partial charge is 0.497 e. The van der Waals surface area contributed by atoms with Gasteiger partial charge < -0.3 is 14.8 Å². The molecule has 1 N–H and O–H groups in total. The summed E-state index contributed by atoms with van der Waals surface area (Å²) in [6.45, 7) is 0.379. The Morgan fingerprint density at radius 1 is 1.00 bits per heavy atom. The molecule has 1 heterocycles. The maximum absolute atomic E-state index is 13.1. The van der Waals surface area contributed by atoms with Crippen LogP contribution in [0.1, 0.15) is 15.9 Å². The topological polar surface area (TPSA) is 78.3 Å². The van der Waals surface area contributed by atoms with Gasteiger partial charge in [0.15, 0.2) is 5.82 Å². The van der Waals surface area contributed by atoms with Crippen molar-refractivity contribution in [3.05, 3.63) is 95.0 Å². The van der Waals surface area contributed by atoms with Crippen LogP contribution in [0.25, 0.3) is 17.5 Å². The molecule has 0 atom stereocenters. The Morgan fingerprint density at radius 3 is 2.47 bits per heavy atom. The summed E-state index contributed by atoms with van der Waals surface area (Å²) in [7, 11) is 3.19. The SMILES string of the molecule is COc1ccc(-c2nc(NCc3ccccc3Cl)n(C(=O)C=Cc3ccccc3OC)n2)cc1. The van der Waals surface area contributed by atoms with E-state index in [0.29, 0.717) is 29.1 Å². The van der Waals surface area contributed by atoms with Gasteiger partial charge in [-0.05, 0) is 48.0 Å². The highest BCUT2D eigenvalue weighted by atomic mass is 35.5. The van der Waals surface area contributed by atoms with Gasteiger partial charge >= 0.3 is 0 Å². The van der Waals surface area contributed by atoms with E-state index in [1.54, 1.807) is 20.3 Å². The second-order valence-corrected chi connectivity index (χ2v) is 7.67. The zero-order valence-electron chi connectivity index (χ0n) is 18.7. The van der Waals surface area contributed by atoms with Crippen molar-refractivity contribution in [3.8, 4) is 22.9 Å². The Kier molecular flexibility index (Phi) is 7.25. The highest BCUT2D eigenvalue weighted by molar-refractivity contribution is 6.31. The van der Waals surface area contributed by atoms with Gasteiger partial charge in [0.2, 0.25) is 5.95 Å². The van der Waals surface area contributed by atoms with Gasteiger partial charge in [-0.3, -0.25) is 4.79 Å². The minimum Gasteiger partial charge on any atom is -0.497 e. The molecule has 0 unspecified atom stereocenters. The summed E-state index contributed by atoms with van der Waals surface area (Å²) in [6.07, 6.45) is 3.12. The number of carbonyl (C=O) groups is 1. The lowest BCUT2D eigenvalue weighted by Crippen LogP contribution is -2.14. The quantitative estimate of drug-likeness (QED) is 0.336. The van der Waals surface area contributed by atoms with Gasteiger partial charge in [0.25, 0.3) is 5.91 Å². The van der Waals surface area contributed by atoms with E-state index in [9.17, 15) is 4.79 Å². The molecule has 0 aliphatic heterocycles. The molecule has 3 aromatic carbocycles. The Hall–Kier alpha value is -4.10. The van der Waals surface area contributed by atoms with Crippen molar-refractivity contribution < 1.29 is 14.3 Å². The van der Waals surface area contributed by atoms with Gasteiger partial charge in [0.1, 0.15) is 11.5 Å². The molecule has 0 fully saturated rings. The van der Waals surface area contributed by atoms with Gasteiger partial charge in [-0.1, -0.05) is 48.0 Å².